The van der Waals surface area contributed by atoms with E-state index in [0.717, 1.165) is 10.7 Å². The van der Waals surface area contributed by atoms with Crippen LogP contribution in [0.15, 0.2) is 23.6 Å². The van der Waals surface area contributed by atoms with Crippen LogP contribution in [0, 0.1) is 0 Å². The number of thiazole rings is 1. The van der Waals surface area contributed by atoms with Gasteiger partial charge < -0.3 is 10.4 Å². The number of halogens is 2. The molecule has 1 atom stereocenters. The molecule has 0 saturated carbocycles. The highest BCUT2D eigenvalue weighted by Crippen LogP contribution is 2.33. The normalized spacial score (nSPS) is 13.8. The average molecular weight is 443 g/mol. The maximum absolute atomic E-state index is 12.4. The van der Waals surface area contributed by atoms with Gasteiger partial charge in [0.2, 0.25) is 5.91 Å². The number of aromatic nitrogens is 1. The fourth-order valence-electron chi connectivity index (χ4n) is 2.60. The van der Waals surface area contributed by atoms with Gasteiger partial charge in [-0.1, -0.05) is 50.0 Å². The molecule has 1 amide bonds. The van der Waals surface area contributed by atoms with Gasteiger partial charge in [-0.15, -0.1) is 11.3 Å². The van der Waals surface area contributed by atoms with Crippen molar-refractivity contribution in [1.82, 2.24) is 10.3 Å². The minimum absolute atomic E-state index is 0.0127. The molecule has 152 valence electrons. The number of rotatable bonds is 7. The van der Waals surface area contributed by atoms with Crippen LogP contribution in [0.3, 0.4) is 0 Å². The molecule has 28 heavy (non-hydrogen) atoms. The highest BCUT2D eigenvalue weighted by atomic mass is 35.5. The molecule has 5 nitrogen and oxygen atoms in total. The SMILES string of the molecule is CC(C)(C)c1csc(CCNC(=O)CC(C)(C(=O)O)c2ccc(Cl)c(Cl)c2)n1. The zero-order valence-corrected chi connectivity index (χ0v) is 18.6. The lowest BCUT2D eigenvalue weighted by atomic mass is 9.79. The Balaban J connectivity index is 2.00. The van der Waals surface area contributed by atoms with Gasteiger partial charge in [-0.3, -0.25) is 9.59 Å². The number of nitrogens with zero attached hydrogens (tertiary/aromatic N) is 1. The summed E-state index contributed by atoms with van der Waals surface area (Å²) in [5.74, 6) is -1.45. The molecule has 8 heteroatoms. The lowest BCUT2D eigenvalue weighted by molar-refractivity contribution is -0.145. The Kier molecular flexibility index (Phi) is 7.12. The summed E-state index contributed by atoms with van der Waals surface area (Å²) in [4.78, 5) is 28.9. The number of amides is 1. The summed E-state index contributed by atoms with van der Waals surface area (Å²) >= 11 is 13.5. The molecule has 1 aromatic carbocycles. The topological polar surface area (TPSA) is 79.3 Å². The van der Waals surface area contributed by atoms with Gasteiger partial charge in [-0.25, -0.2) is 4.98 Å². The summed E-state index contributed by atoms with van der Waals surface area (Å²) in [6, 6.07) is 4.61. The van der Waals surface area contributed by atoms with Crippen LogP contribution in [0.1, 0.15) is 50.4 Å². The van der Waals surface area contributed by atoms with Crippen LogP contribution in [0.4, 0.5) is 0 Å². The van der Waals surface area contributed by atoms with E-state index in [1.165, 1.54) is 19.1 Å². The molecule has 1 aromatic heterocycles. The average Bonchev–Trinajstić information content (AvgIpc) is 3.06. The van der Waals surface area contributed by atoms with Crippen LogP contribution < -0.4 is 5.32 Å². The Hall–Kier alpha value is -1.63. The molecule has 2 aromatic rings. The van der Waals surface area contributed by atoms with Gasteiger partial charge in [-0.05, 0) is 24.6 Å². The van der Waals surface area contributed by atoms with Crippen molar-refractivity contribution in [2.24, 2.45) is 0 Å². The van der Waals surface area contributed by atoms with Crippen molar-refractivity contribution in [2.75, 3.05) is 6.54 Å². The smallest absolute Gasteiger partial charge is 0.314 e. The predicted octanol–water partition coefficient (Wildman–Crippen LogP) is 4.84. The molecule has 0 radical (unpaired) electrons. The number of hydrogen-bond acceptors (Lipinski definition) is 4. The van der Waals surface area contributed by atoms with Crippen molar-refractivity contribution < 1.29 is 14.7 Å². The van der Waals surface area contributed by atoms with E-state index < -0.39 is 11.4 Å². The second kappa shape index (κ2) is 8.80. The van der Waals surface area contributed by atoms with Crippen LogP contribution >= 0.6 is 34.5 Å². The van der Waals surface area contributed by atoms with Gasteiger partial charge in [0.05, 0.1) is 26.2 Å². The Morgan fingerprint density at radius 3 is 2.39 bits per heavy atom. The number of carbonyl (C=O) groups is 2. The Bertz CT molecular complexity index is 877. The fraction of sp³-hybridized carbons (Fsp3) is 0.450. The number of aliphatic carboxylic acids is 1. The first kappa shape index (κ1) is 22.7. The molecule has 1 unspecified atom stereocenters. The molecule has 0 aliphatic heterocycles. The Morgan fingerprint density at radius 1 is 1.18 bits per heavy atom. The van der Waals surface area contributed by atoms with E-state index in [1.807, 2.05) is 5.38 Å². The van der Waals surface area contributed by atoms with Crippen LogP contribution in [-0.2, 0) is 26.8 Å². The lowest BCUT2D eigenvalue weighted by Gasteiger charge is -2.25. The van der Waals surface area contributed by atoms with Crippen molar-refractivity contribution in [2.45, 2.75) is 51.4 Å². The van der Waals surface area contributed by atoms with Gasteiger partial charge in [0.25, 0.3) is 0 Å². The first-order chi connectivity index (χ1) is 12.9. The second-order valence-corrected chi connectivity index (χ2v) is 9.68. The fourth-order valence-corrected chi connectivity index (χ4v) is 3.93. The van der Waals surface area contributed by atoms with E-state index in [-0.39, 0.29) is 22.8 Å². The Morgan fingerprint density at radius 2 is 1.86 bits per heavy atom. The largest absolute Gasteiger partial charge is 0.481 e. The molecule has 0 aliphatic rings. The molecular weight excluding hydrogens is 419 g/mol. The van der Waals surface area contributed by atoms with Crippen molar-refractivity contribution in [3.8, 4) is 0 Å². The lowest BCUT2D eigenvalue weighted by Crippen LogP contribution is -2.39. The highest BCUT2D eigenvalue weighted by molar-refractivity contribution is 7.09. The maximum atomic E-state index is 12.4. The first-order valence-corrected chi connectivity index (χ1v) is 10.5. The van der Waals surface area contributed by atoms with E-state index >= 15 is 0 Å². The van der Waals surface area contributed by atoms with Crippen molar-refractivity contribution in [3.63, 3.8) is 0 Å². The molecule has 0 fully saturated rings. The summed E-state index contributed by atoms with van der Waals surface area (Å²) in [5.41, 5.74) is 0.0382. The molecule has 0 spiro atoms. The highest BCUT2D eigenvalue weighted by Gasteiger charge is 2.38. The maximum Gasteiger partial charge on any atom is 0.314 e. The van der Waals surface area contributed by atoms with E-state index in [0.29, 0.717) is 23.6 Å². The number of benzene rings is 1. The quantitative estimate of drug-likeness (QED) is 0.642. The predicted molar refractivity (Wildman–Crippen MR) is 114 cm³/mol. The van der Waals surface area contributed by atoms with E-state index in [4.69, 9.17) is 23.2 Å². The third-order valence-electron chi connectivity index (χ3n) is 4.52. The minimum atomic E-state index is -1.40. The molecule has 2 N–H and O–H groups in total. The monoisotopic (exact) mass is 442 g/mol. The molecule has 0 aliphatic carbocycles. The Labute approximate surface area is 179 Å². The van der Waals surface area contributed by atoms with Crippen LogP contribution in [0.25, 0.3) is 0 Å². The number of nitrogens with one attached hydrogen (secondary N) is 1. The number of hydrogen-bond donors (Lipinski definition) is 2. The summed E-state index contributed by atoms with van der Waals surface area (Å²) < 4.78 is 0. The van der Waals surface area contributed by atoms with Gasteiger partial charge in [0, 0.05) is 30.2 Å². The standard InChI is InChI=1S/C20H24Cl2N2O3S/c1-19(2,3)15-11-28-17(24-15)7-8-23-16(25)10-20(4,18(26)27)12-5-6-13(21)14(22)9-12/h5-6,9,11H,7-8,10H2,1-4H3,(H,23,25)(H,26,27). The molecule has 0 saturated heterocycles. The second-order valence-electron chi connectivity index (χ2n) is 7.92. The number of carboxylic acids is 1. The summed E-state index contributed by atoms with van der Waals surface area (Å²) in [6.07, 6.45) is 0.397. The zero-order chi connectivity index (χ0) is 21.1. The number of carboxylic acid groups (broad SMARTS) is 1. The number of carbonyl (C=O) groups excluding carboxylic acids is 1. The van der Waals surface area contributed by atoms with Crippen molar-refractivity contribution in [1.29, 1.82) is 0 Å². The van der Waals surface area contributed by atoms with E-state index in [1.54, 1.807) is 17.4 Å². The van der Waals surface area contributed by atoms with Crippen molar-refractivity contribution in [3.05, 3.63) is 49.9 Å². The molecule has 0 bridgehead atoms. The van der Waals surface area contributed by atoms with Gasteiger partial charge in [0.15, 0.2) is 0 Å². The summed E-state index contributed by atoms with van der Waals surface area (Å²) in [7, 11) is 0. The molecular formula is C20H24Cl2N2O3S. The zero-order valence-electron chi connectivity index (χ0n) is 16.3. The van der Waals surface area contributed by atoms with E-state index in [9.17, 15) is 14.7 Å². The first-order valence-electron chi connectivity index (χ1n) is 8.84. The summed E-state index contributed by atoms with van der Waals surface area (Å²) in [5, 5.41) is 16.1. The van der Waals surface area contributed by atoms with Gasteiger partial charge >= 0.3 is 5.97 Å². The third-order valence-corrected chi connectivity index (χ3v) is 6.17. The minimum Gasteiger partial charge on any atom is -0.481 e. The van der Waals surface area contributed by atoms with Gasteiger partial charge in [-0.2, -0.15) is 0 Å². The van der Waals surface area contributed by atoms with Crippen LogP contribution in [0.2, 0.25) is 10.0 Å². The molecule has 2 rings (SSSR count). The molecule has 1 heterocycles. The van der Waals surface area contributed by atoms with Crippen LogP contribution in [0.5, 0.6) is 0 Å². The van der Waals surface area contributed by atoms with Gasteiger partial charge in [0.1, 0.15) is 0 Å². The van der Waals surface area contributed by atoms with Crippen LogP contribution in [-0.4, -0.2) is 28.5 Å². The summed E-state index contributed by atoms with van der Waals surface area (Å²) in [6.45, 7) is 8.20. The van der Waals surface area contributed by atoms with E-state index in [2.05, 4.69) is 31.1 Å². The third kappa shape index (κ3) is 5.46. The van der Waals surface area contributed by atoms with Crippen molar-refractivity contribution >= 4 is 46.4 Å².